The van der Waals surface area contributed by atoms with E-state index in [0.29, 0.717) is 6.42 Å². The summed E-state index contributed by atoms with van der Waals surface area (Å²) in [4.78, 5) is 12.0. The Balaban J connectivity index is 2.13. The number of nitrogens with zero attached hydrogens (tertiary/aromatic N) is 3. The first-order valence-electron chi connectivity index (χ1n) is 6.58. The van der Waals surface area contributed by atoms with Crippen LogP contribution in [0.3, 0.4) is 0 Å². The monoisotopic (exact) mass is 284 g/mol. The van der Waals surface area contributed by atoms with E-state index in [2.05, 4.69) is 10.4 Å². The summed E-state index contributed by atoms with van der Waals surface area (Å²) in [6.07, 6.45) is 2.26. The maximum atomic E-state index is 12.0. The highest BCUT2D eigenvalue weighted by atomic mass is 16.5. The van der Waals surface area contributed by atoms with Crippen molar-refractivity contribution in [1.29, 1.82) is 5.26 Å². The Morgan fingerprint density at radius 1 is 1.43 bits per heavy atom. The van der Waals surface area contributed by atoms with Gasteiger partial charge in [0.05, 0.1) is 18.9 Å². The number of hydrogen-bond donors (Lipinski definition) is 1. The second-order valence-corrected chi connectivity index (χ2v) is 4.41. The van der Waals surface area contributed by atoms with Crippen LogP contribution in [0.2, 0.25) is 0 Å². The second-order valence-electron chi connectivity index (χ2n) is 4.41. The lowest BCUT2D eigenvalue weighted by atomic mass is 10.2. The lowest BCUT2D eigenvalue weighted by molar-refractivity contribution is 0.0939. The molecule has 6 heteroatoms. The number of hydrogen-bond acceptors (Lipinski definition) is 4. The molecule has 1 heterocycles. The van der Waals surface area contributed by atoms with Crippen LogP contribution in [-0.2, 0) is 0 Å². The molecule has 0 radical (unpaired) electrons. The predicted molar refractivity (Wildman–Crippen MR) is 77.3 cm³/mol. The van der Waals surface area contributed by atoms with Gasteiger partial charge in [-0.2, -0.15) is 10.4 Å². The van der Waals surface area contributed by atoms with Gasteiger partial charge < -0.3 is 10.1 Å². The smallest absolute Gasteiger partial charge is 0.272 e. The molecule has 1 unspecified atom stereocenters. The van der Waals surface area contributed by atoms with Crippen molar-refractivity contribution in [2.24, 2.45) is 0 Å². The molecule has 2 aromatic rings. The van der Waals surface area contributed by atoms with Gasteiger partial charge in [-0.15, -0.1) is 0 Å². The summed E-state index contributed by atoms with van der Waals surface area (Å²) in [7, 11) is 1.60. The summed E-state index contributed by atoms with van der Waals surface area (Å²) in [5.41, 5.74) is 1.10. The van der Waals surface area contributed by atoms with Crippen molar-refractivity contribution in [2.75, 3.05) is 7.11 Å². The van der Waals surface area contributed by atoms with E-state index in [1.165, 1.54) is 0 Å². The molecule has 0 saturated heterocycles. The lowest BCUT2D eigenvalue weighted by Crippen LogP contribution is -2.33. The first-order chi connectivity index (χ1) is 10.2. The number of carbonyl (C=O) groups is 1. The molecule has 0 aliphatic rings. The zero-order chi connectivity index (χ0) is 15.2. The Morgan fingerprint density at radius 2 is 2.14 bits per heavy atom. The Morgan fingerprint density at radius 3 is 2.71 bits per heavy atom. The average molecular weight is 284 g/mol. The first-order valence-corrected chi connectivity index (χ1v) is 6.58. The predicted octanol–water partition coefficient (Wildman–Crippen LogP) is 1.91. The van der Waals surface area contributed by atoms with Gasteiger partial charge in [0.1, 0.15) is 11.8 Å². The molecular weight excluding hydrogens is 268 g/mol. The minimum Gasteiger partial charge on any atom is -0.497 e. The molecular formula is C15H16N4O2. The number of rotatable bonds is 5. The molecule has 1 atom stereocenters. The summed E-state index contributed by atoms with van der Waals surface area (Å²) in [6, 6.07) is 10.5. The zero-order valence-electron chi connectivity index (χ0n) is 11.9. The van der Waals surface area contributed by atoms with E-state index in [-0.39, 0.29) is 11.6 Å². The number of nitriles is 1. The highest BCUT2D eigenvalue weighted by molar-refractivity contribution is 5.92. The Kier molecular flexibility index (Phi) is 4.57. The van der Waals surface area contributed by atoms with Crippen LogP contribution in [0.5, 0.6) is 5.75 Å². The van der Waals surface area contributed by atoms with Gasteiger partial charge >= 0.3 is 0 Å². The topological polar surface area (TPSA) is 79.9 Å². The minimum absolute atomic E-state index is 0.277. The second kappa shape index (κ2) is 6.57. The van der Waals surface area contributed by atoms with Gasteiger partial charge in [0.2, 0.25) is 0 Å². The van der Waals surface area contributed by atoms with E-state index >= 15 is 0 Å². The van der Waals surface area contributed by atoms with E-state index in [0.717, 1.165) is 11.4 Å². The van der Waals surface area contributed by atoms with Crippen LogP contribution in [0, 0.1) is 11.3 Å². The first kappa shape index (κ1) is 14.6. The molecule has 0 aliphatic carbocycles. The van der Waals surface area contributed by atoms with Crippen LogP contribution in [-0.4, -0.2) is 28.8 Å². The van der Waals surface area contributed by atoms with Crippen LogP contribution in [0.15, 0.2) is 36.5 Å². The Hall–Kier alpha value is -2.81. The van der Waals surface area contributed by atoms with E-state index in [4.69, 9.17) is 10.00 Å². The summed E-state index contributed by atoms with van der Waals surface area (Å²) in [5.74, 6) is 0.402. The van der Waals surface area contributed by atoms with Crippen molar-refractivity contribution in [2.45, 2.75) is 19.4 Å². The van der Waals surface area contributed by atoms with E-state index in [9.17, 15) is 4.79 Å². The van der Waals surface area contributed by atoms with Gasteiger partial charge in [-0.1, -0.05) is 6.92 Å². The SMILES string of the molecule is CCC(C#N)NC(=O)c1ccn(-c2ccc(OC)cc2)n1. The highest BCUT2D eigenvalue weighted by Gasteiger charge is 2.14. The molecule has 108 valence electrons. The molecule has 0 bridgehead atoms. The van der Waals surface area contributed by atoms with Crippen LogP contribution < -0.4 is 10.1 Å². The molecule has 1 N–H and O–H groups in total. The van der Waals surface area contributed by atoms with Gasteiger partial charge in [0.15, 0.2) is 5.69 Å². The molecule has 2 rings (SSSR count). The molecule has 1 amide bonds. The van der Waals surface area contributed by atoms with Crippen LogP contribution in [0.25, 0.3) is 5.69 Å². The maximum absolute atomic E-state index is 12.0. The number of aromatic nitrogens is 2. The minimum atomic E-state index is -0.497. The van der Waals surface area contributed by atoms with E-state index < -0.39 is 6.04 Å². The number of nitrogens with one attached hydrogen (secondary N) is 1. The van der Waals surface area contributed by atoms with Crippen molar-refractivity contribution >= 4 is 5.91 Å². The van der Waals surface area contributed by atoms with Gasteiger partial charge in [-0.3, -0.25) is 4.79 Å². The quantitative estimate of drug-likeness (QED) is 0.909. The van der Waals surface area contributed by atoms with Gasteiger partial charge in [-0.05, 0) is 36.8 Å². The third-order valence-corrected chi connectivity index (χ3v) is 3.03. The Bertz CT molecular complexity index is 655. The highest BCUT2D eigenvalue weighted by Crippen LogP contribution is 2.14. The van der Waals surface area contributed by atoms with Crippen molar-refractivity contribution in [3.63, 3.8) is 0 Å². The fraction of sp³-hybridized carbons (Fsp3) is 0.267. The number of benzene rings is 1. The molecule has 0 aliphatic heterocycles. The third kappa shape index (κ3) is 3.39. The van der Waals surface area contributed by atoms with Crippen molar-refractivity contribution in [3.05, 3.63) is 42.2 Å². The van der Waals surface area contributed by atoms with Gasteiger partial charge in [0, 0.05) is 6.20 Å². The van der Waals surface area contributed by atoms with E-state index in [1.807, 2.05) is 37.3 Å². The molecule has 0 fully saturated rings. The fourth-order valence-electron chi connectivity index (χ4n) is 1.78. The molecule has 0 spiro atoms. The number of carbonyl (C=O) groups excluding carboxylic acids is 1. The zero-order valence-corrected chi connectivity index (χ0v) is 11.9. The maximum Gasteiger partial charge on any atom is 0.272 e. The molecule has 1 aromatic heterocycles. The largest absolute Gasteiger partial charge is 0.497 e. The molecule has 1 aromatic carbocycles. The van der Waals surface area contributed by atoms with Crippen molar-refractivity contribution in [3.8, 4) is 17.5 Å². The lowest BCUT2D eigenvalue weighted by Gasteiger charge is -2.07. The number of ether oxygens (including phenoxy) is 1. The molecule has 0 saturated carbocycles. The average Bonchev–Trinajstić information content (AvgIpc) is 3.02. The summed E-state index contributed by atoms with van der Waals surface area (Å²) < 4.78 is 6.69. The normalized spacial score (nSPS) is 11.5. The number of amides is 1. The summed E-state index contributed by atoms with van der Waals surface area (Å²) in [6.45, 7) is 1.84. The number of methoxy groups -OCH3 is 1. The van der Waals surface area contributed by atoms with E-state index in [1.54, 1.807) is 24.1 Å². The molecule has 21 heavy (non-hydrogen) atoms. The summed E-state index contributed by atoms with van der Waals surface area (Å²) >= 11 is 0. The summed E-state index contributed by atoms with van der Waals surface area (Å²) in [5, 5.41) is 15.7. The standard InChI is InChI=1S/C15H16N4O2/c1-3-11(10-16)17-15(20)14-8-9-19(18-14)12-4-6-13(21-2)7-5-12/h4-9,11H,3H2,1-2H3,(H,17,20). The molecule has 6 nitrogen and oxygen atoms in total. The van der Waals surface area contributed by atoms with Crippen LogP contribution in [0.4, 0.5) is 0 Å². The van der Waals surface area contributed by atoms with Crippen molar-refractivity contribution < 1.29 is 9.53 Å². The Labute approximate surface area is 123 Å². The van der Waals surface area contributed by atoms with Crippen LogP contribution in [0.1, 0.15) is 23.8 Å². The van der Waals surface area contributed by atoms with Crippen LogP contribution >= 0.6 is 0 Å². The van der Waals surface area contributed by atoms with Gasteiger partial charge in [0.25, 0.3) is 5.91 Å². The van der Waals surface area contributed by atoms with Crippen molar-refractivity contribution in [1.82, 2.24) is 15.1 Å². The third-order valence-electron chi connectivity index (χ3n) is 3.03. The fourth-order valence-corrected chi connectivity index (χ4v) is 1.78. The van der Waals surface area contributed by atoms with Gasteiger partial charge in [-0.25, -0.2) is 4.68 Å².